The van der Waals surface area contributed by atoms with E-state index in [1.165, 1.54) is 58.0 Å². The summed E-state index contributed by atoms with van der Waals surface area (Å²) < 4.78 is 0. The maximum Gasteiger partial charge on any atom is -0.00147 e. The van der Waals surface area contributed by atoms with E-state index < -0.39 is 0 Å². The first-order valence-corrected chi connectivity index (χ1v) is 7.96. The minimum absolute atomic E-state index is 0.925. The Labute approximate surface area is 112 Å². The highest BCUT2D eigenvalue weighted by Gasteiger charge is 2.40. The van der Waals surface area contributed by atoms with Gasteiger partial charge in [-0.2, -0.15) is 0 Å². The lowest BCUT2D eigenvalue weighted by atomic mass is 9.70. The zero-order chi connectivity index (χ0) is 12.4. The molecule has 1 N–H and O–H groups in total. The first kappa shape index (κ1) is 12.5. The SMILES string of the molecule is CCCNCC1CCCC2CC3=C(CC=CC3)C12. The molecule has 3 atom stereocenters. The molecule has 0 aromatic heterocycles. The van der Waals surface area contributed by atoms with Gasteiger partial charge in [-0.25, -0.2) is 0 Å². The third-order valence-electron chi connectivity index (χ3n) is 5.23. The largest absolute Gasteiger partial charge is 0.316 e. The average molecular weight is 245 g/mol. The van der Waals surface area contributed by atoms with Crippen molar-refractivity contribution in [2.24, 2.45) is 17.8 Å². The van der Waals surface area contributed by atoms with Crippen molar-refractivity contribution >= 4 is 0 Å². The second-order valence-corrected chi connectivity index (χ2v) is 6.39. The third kappa shape index (κ3) is 2.30. The van der Waals surface area contributed by atoms with E-state index in [1.54, 1.807) is 0 Å². The zero-order valence-electron chi connectivity index (χ0n) is 11.8. The smallest absolute Gasteiger partial charge is 0.00147 e. The van der Waals surface area contributed by atoms with Gasteiger partial charge < -0.3 is 5.32 Å². The molecule has 18 heavy (non-hydrogen) atoms. The Morgan fingerprint density at radius 3 is 3.00 bits per heavy atom. The number of fused-ring (bicyclic) bond motifs is 2. The molecular weight excluding hydrogens is 218 g/mol. The molecule has 1 saturated carbocycles. The molecule has 1 fully saturated rings. The fourth-order valence-electron chi connectivity index (χ4n) is 4.49. The standard InChI is InChI=1S/C17H27N/c1-2-10-18-12-15-8-5-7-14-11-13-6-3-4-9-16(13)17(14)15/h3-4,14-15,17-18H,2,5-12H2,1H3. The van der Waals surface area contributed by atoms with Crippen molar-refractivity contribution in [1.82, 2.24) is 5.32 Å². The maximum atomic E-state index is 3.67. The minimum atomic E-state index is 0.925. The van der Waals surface area contributed by atoms with Crippen molar-refractivity contribution in [2.45, 2.75) is 51.9 Å². The fourth-order valence-corrected chi connectivity index (χ4v) is 4.49. The number of hydrogen-bond acceptors (Lipinski definition) is 1. The highest BCUT2D eigenvalue weighted by molar-refractivity contribution is 5.33. The van der Waals surface area contributed by atoms with Crippen LogP contribution in [0.1, 0.15) is 51.9 Å². The monoisotopic (exact) mass is 245 g/mol. The van der Waals surface area contributed by atoms with Gasteiger partial charge in [0.1, 0.15) is 0 Å². The molecule has 0 spiro atoms. The summed E-state index contributed by atoms with van der Waals surface area (Å²) in [6.45, 7) is 4.72. The number of allylic oxidation sites excluding steroid dienone is 4. The number of rotatable bonds is 4. The highest BCUT2D eigenvalue weighted by atomic mass is 14.9. The first-order chi connectivity index (χ1) is 8.90. The summed E-state index contributed by atoms with van der Waals surface area (Å²) in [7, 11) is 0. The quantitative estimate of drug-likeness (QED) is 0.581. The van der Waals surface area contributed by atoms with Crippen LogP contribution >= 0.6 is 0 Å². The Balaban J connectivity index is 1.69. The molecule has 1 heteroatoms. The number of nitrogens with one attached hydrogen (secondary N) is 1. The molecule has 0 heterocycles. The Morgan fingerprint density at radius 1 is 1.22 bits per heavy atom. The maximum absolute atomic E-state index is 3.67. The van der Waals surface area contributed by atoms with Crippen molar-refractivity contribution in [3.05, 3.63) is 23.3 Å². The Kier molecular flexibility index (Phi) is 3.88. The Bertz CT molecular complexity index is 353. The molecule has 3 unspecified atom stereocenters. The molecule has 0 bridgehead atoms. The van der Waals surface area contributed by atoms with Gasteiger partial charge in [0.15, 0.2) is 0 Å². The van der Waals surface area contributed by atoms with E-state index in [0.717, 1.165) is 17.8 Å². The summed E-state index contributed by atoms with van der Waals surface area (Å²) in [5.41, 5.74) is 3.67. The minimum Gasteiger partial charge on any atom is -0.316 e. The highest BCUT2D eigenvalue weighted by Crippen LogP contribution is 2.51. The van der Waals surface area contributed by atoms with Gasteiger partial charge in [0.2, 0.25) is 0 Å². The molecule has 0 aliphatic heterocycles. The average Bonchev–Trinajstić information content (AvgIpc) is 2.78. The van der Waals surface area contributed by atoms with Gasteiger partial charge in [0, 0.05) is 0 Å². The van der Waals surface area contributed by atoms with Crippen LogP contribution < -0.4 is 5.32 Å². The van der Waals surface area contributed by atoms with Crippen LogP contribution in [0.15, 0.2) is 23.3 Å². The van der Waals surface area contributed by atoms with Gasteiger partial charge in [-0.1, -0.05) is 36.6 Å². The fraction of sp³-hybridized carbons (Fsp3) is 0.765. The summed E-state index contributed by atoms with van der Waals surface area (Å²) >= 11 is 0. The van der Waals surface area contributed by atoms with Crippen LogP contribution in [0.25, 0.3) is 0 Å². The normalized spacial score (nSPS) is 34.6. The van der Waals surface area contributed by atoms with Crippen molar-refractivity contribution in [2.75, 3.05) is 13.1 Å². The van der Waals surface area contributed by atoms with Crippen LogP contribution in [0.2, 0.25) is 0 Å². The van der Waals surface area contributed by atoms with Crippen LogP contribution in [-0.2, 0) is 0 Å². The van der Waals surface area contributed by atoms with Gasteiger partial charge in [-0.15, -0.1) is 0 Å². The van der Waals surface area contributed by atoms with E-state index in [4.69, 9.17) is 0 Å². The Hall–Kier alpha value is -0.560. The van der Waals surface area contributed by atoms with Gasteiger partial charge >= 0.3 is 0 Å². The molecule has 0 saturated heterocycles. The molecule has 0 amide bonds. The summed E-state index contributed by atoms with van der Waals surface area (Å²) in [5.74, 6) is 2.86. The summed E-state index contributed by atoms with van der Waals surface area (Å²) in [6, 6.07) is 0. The van der Waals surface area contributed by atoms with Crippen molar-refractivity contribution in [3.8, 4) is 0 Å². The lowest BCUT2D eigenvalue weighted by Crippen LogP contribution is -2.34. The molecule has 0 aromatic rings. The predicted molar refractivity (Wildman–Crippen MR) is 77.5 cm³/mol. The summed E-state index contributed by atoms with van der Waals surface area (Å²) in [6.07, 6.45) is 14.4. The van der Waals surface area contributed by atoms with Crippen LogP contribution in [0.4, 0.5) is 0 Å². The molecule has 1 nitrogen and oxygen atoms in total. The topological polar surface area (TPSA) is 12.0 Å². The summed E-state index contributed by atoms with van der Waals surface area (Å²) in [4.78, 5) is 0. The van der Waals surface area contributed by atoms with Gasteiger partial charge in [0.25, 0.3) is 0 Å². The molecule has 3 rings (SSSR count). The van der Waals surface area contributed by atoms with Crippen LogP contribution in [0.5, 0.6) is 0 Å². The van der Waals surface area contributed by atoms with Crippen LogP contribution in [0.3, 0.4) is 0 Å². The summed E-state index contributed by atoms with van der Waals surface area (Å²) in [5, 5.41) is 3.67. The van der Waals surface area contributed by atoms with Crippen molar-refractivity contribution < 1.29 is 0 Å². The van der Waals surface area contributed by atoms with Crippen LogP contribution in [-0.4, -0.2) is 13.1 Å². The van der Waals surface area contributed by atoms with E-state index in [-0.39, 0.29) is 0 Å². The second kappa shape index (κ2) is 5.61. The van der Waals surface area contributed by atoms with Crippen molar-refractivity contribution in [1.29, 1.82) is 0 Å². The van der Waals surface area contributed by atoms with E-state index in [2.05, 4.69) is 24.4 Å². The van der Waals surface area contributed by atoms with E-state index in [0.29, 0.717) is 0 Å². The van der Waals surface area contributed by atoms with Gasteiger partial charge in [-0.3, -0.25) is 0 Å². The van der Waals surface area contributed by atoms with E-state index >= 15 is 0 Å². The van der Waals surface area contributed by atoms with Gasteiger partial charge in [-0.05, 0) is 69.4 Å². The van der Waals surface area contributed by atoms with Crippen LogP contribution in [0, 0.1) is 17.8 Å². The molecule has 100 valence electrons. The lowest BCUT2D eigenvalue weighted by Gasteiger charge is -2.36. The molecule has 3 aliphatic carbocycles. The molecular formula is C17H27N. The molecule has 3 aliphatic rings. The molecule has 0 radical (unpaired) electrons. The third-order valence-corrected chi connectivity index (χ3v) is 5.23. The van der Waals surface area contributed by atoms with E-state index in [9.17, 15) is 0 Å². The Morgan fingerprint density at radius 2 is 2.11 bits per heavy atom. The van der Waals surface area contributed by atoms with Gasteiger partial charge in [0.05, 0.1) is 0 Å². The van der Waals surface area contributed by atoms with Crippen molar-refractivity contribution in [3.63, 3.8) is 0 Å². The number of hydrogen-bond donors (Lipinski definition) is 1. The second-order valence-electron chi connectivity index (χ2n) is 6.39. The molecule has 0 aromatic carbocycles. The van der Waals surface area contributed by atoms with E-state index in [1.807, 2.05) is 11.1 Å². The predicted octanol–water partition coefficient (Wildman–Crippen LogP) is 4.07. The first-order valence-electron chi connectivity index (χ1n) is 7.96. The zero-order valence-corrected chi connectivity index (χ0v) is 11.8. The lowest BCUT2D eigenvalue weighted by molar-refractivity contribution is 0.194.